The maximum Gasteiger partial charge on any atom is 0.255 e. The highest BCUT2D eigenvalue weighted by molar-refractivity contribution is 14.1. The van der Waals surface area contributed by atoms with E-state index in [9.17, 15) is 9.18 Å². The van der Waals surface area contributed by atoms with Gasteiger partial charge in [0, 0.05) is 13.1 Å². The number of carbonyl (C=O) groups excluding carboxylic acids is 1. The molecule has 0 spiro atoms. The van der Waals surface area contributed by atoms with Gasteiger partial charge >= 0.3 is 0 Å². The number of hydrogen-bond donors (Lipinski definition) is 0. The van der Waals surface area contributed by atoms with Crippen molar-refractivity contribution in [1.29, 1.82) is 0 Å². The van der Waals surface area contributed by atoms with Crippen molar-refractivity contribution >= 4 is 28.5 Å². The molecule has 17 heavy (non-hydrogen) atoms. The second-order valence-electron chi connectivity index (χ2n) is 4.03. The molecule has 0 aromatic heterocycles. The first-order chi connectivity index (χ1) is 8.09. The van der Waals surface area contributed by atoms with Crippen LogP contribution in [-0.4, -0.2) is 36.6 Å². The summed E-state index contributed by atoms with van der Waals surface area (Å²) < 4.78 is 19.1. The van der Waals surface area contributed by atoms with Gasteiger partial charge in [0.1, 0.15) is 5.82 Å². The predicted molar refractivity (Wildman–Crippen MR) is 70.4 cm³/mol. The molecule has 1 aliphatic rings. The van der Waals surface area contributed by atoms with Crippen molar-refractivity contribution in [2.24, 2.45) is 0 Å². The van der Waals surface area contributed by atoms with E-state index in [0.29, 0.717) is 28.8 Å². The molecule has 1 aliphatic heterocycles. The first-order valence-electron chi connectivity index (χ1n) is 5.44. The van der Waals surface area contributed by atoms with Gasteiger partial charge in [0.25, 0.3) is 5.91 Å². The van der Waals surface area contributed by atoms with E-state index in [4.69, 9.17) is 4.74 Å². The number of carbonyl (C=O) groups is 1. The van der Waals surface area contributed by atoms with Gasteiger partial charge in [-0.1, -0.05) is 6.07 Å². The average molecular weight is 349 g/mol. The third kappa shape index (κ3) is 2.77. The van der Waals surface area contributed by atoms with Crippen molar-refractivity contribution in [3.63, 3.8) is 0 Å². The minimum Gasteiger partial charge on any atom is -0.375 e. The normalized spacial score (nSPS) is 20.4. The summed E-state index contributed by atoms with van der Waals surface area (Å²) in [6.07, 6.45) is 0.0407. The van der Waals surface area contributed by atoms with Crippen LogP contribution in [0.3, 0.4) is 0 Å². The first-order valence-corrected chi connectivity index (χ1v) is 6.52. The molecule has 1 amide bonds. The minimum absolute atomic E-state index is 0.0407. The van der Waals surface area contributed by atoms with Crippen LogP contribution in [0.25, 0.3) is 0 Å². The topological polar surface area (TPSA) is 29.5 Å². The van der Waals surface area contributed by atoms with Gasteiger partial charge in [-0.15, -0.1) is 0 Å². The fourth-order valence-corrected chi connectivity index (χ4v) is 2.43. The lowest BCUT2D eigenvalue weighted by Crippen LogP contribution is -2.44. The van der Waals surface area contributed by atoms with E-state index in [2.05, 4.69) is 0 Å². The predicted octanol–water partition coefficient (Wildman–Crippen LogP) is 2.29. The molecule has 0 unspecified atom stereocenters. The van der Waals surface area contributed by atoms with E-state index in [1.54, 1.807) is 17.0 Å². The molecule has 1 aromatic carbocycles. The van der Waals surface area contributed by atoms with Crippen molar-refractivity contribution < 1.29 is 13.9 Å². The molecule has 1 atom stereocenters. The largest absolute Gasteiger partial charge is 0.375 e. The fourth-order valence-electron chi connectivity index (χ4n) is 1.84. The van der Waals surface area contributed by atoms with E-state index in [1.807, 2.05) is 29.5 Å². The molecular weight excluding hydrogens is 336 g/mol. The Morgan fingerprint density at radius 2 is 2.35 bits per heavy atom. The van der Waals surface area contributed by atoms with Crippen molar-refractivity contribution in [2.45, 2.75) is 13.0 Å². The van der Waals surface area contributed by atoms with Gasteiger partial charge in [0.2, 0.25) is 0 Å². The molecule has 92 valence electrons. The number of ether oxygens (including phenoxy) is 1. The molecule has 1 heterocycles. The molecular formula is C12H13FINO2. The van der Waals surface area contributed by atoms with Gasteiger partial charge in [-0.3, -0.25) is 4.79 Å². The average Bonchev–Trinajstić information content (AvgIpc) is 2.32. The van der Waals surface area contributed by atoms with E-state index in [-0.39, 0.29) is 17.8 Å². The monoisotopic (exact) mass is 349 g/mol. The molecule has 1 aromatic rings. The maximum atomic E-state index is 13.4. The number of halogens is 2. The highest BCUT2D eigenvalue weighted by atomic mass is 127. The minimum atomic E-state index is -0.349. The summed E-state index contributed by atoms with van der Waals surface area (Å²) in [5, 5.41) is 0. The summed E-state index contributed by atoms with van der Waals surface area (Å²) in [5.41, 5.74) is 0.430. The van der Waals surface area contributed by atoms with Crippen LogP contribution in [0, 0.1) is 9.39 Å². The first kappa shape index (κ1) is 12.8. The van der Waals surface area contributed by atoms with E-state index < -0.39 is 0 Å². The summed E-state index contributed by atoms with van der Waals surface area (Å²) in [6, 6.07) is 4.59. The van der Waals surface area contributed by atoms with E-state index in [1.165, 1.54) is 6.07 Å². The SMILES string of the molecule is C[C@H]1CN(C(=O)c2cccc(F)c2I)CCO1. The summed E-state index contributed by atoms with van der Waals surface area (Å²) in [6.45, 7) is 3.59. The molecule has 0 bridgehead atoms. The smallest absolute Gasteiger partial charge is 0.255 e. The van der Waals surface area contributed by atoms with Crippen LogP contribution in [-0.2, 0) is 4.74 Å². The van der Waals surface area contributed by atoms with Gasteiger partial charge in [-0.05, 0) is 41.6 Å². The van der Waals surface area contributed by atoms with E-state index >= 15 is 0 Å². The number of nitrogens with zero attached hydrogens (tertiary/aromatic N) is 1. The van der Waals surface area contributed by atoms with Crippen molar-refractivity contribution in [1.82, 2.24) is 4.90 Å². The maximum absolute atomic E-state index is 13.4. The zero-order chi connectivity index (χ0) is 12.4. The van der Waals surface area contributed by atoms with Crippen LogP contribution in [0.15, 0.2) is 18.2 Å². The molecule has 0 N–H and O–H groups in total. The van der Waals surface area contributed by atoms with Crippen LogP contribution in [0.4, 0.5) is 4.39 Å². The van der Waals surface area contributed by atoms with Crippen LogP contribution in [0.2, 0.25) is 0 Å². The Labute approximate surface area is 113 Å². The summed E-state index contributed by atoms with van der Waals surface area (Å²) in [7, 11) is 0. The Morgan fingerprint density at radius 3 is 3.06 bits per heavy atom. The number of hydrogen-bond acceptors (Lipinski definition) is 2. The molecule has 0 aliphatic carbocycles. The lowest BCUT2D eigenvalue weighted by molar-refractivity contribution is -0.0124. The zero-order valence-corrected chi connectivity index (χ0v) is 11.6. The Balaban J connectivity index is 2.22. The van der Waals surface area contributed by atoms with E-state index in [0.717, 1.165) is 0 Å². The van der Waals surface area contributed by atoms with Crippen LogP contribution >= 0.6 is 22.6 Å². The second-order valence-corrected chi connectivity index (χ2v) is 5.11. The van der Waals surface area contributed by atoms with Gasteiger partial charge in [-0.25, -0.2) is 4.39 Å². The number of amides is 1. The fraction of sp³-hybridized carbons (Fsp3) is 0.417. The quantitative estimate of drug-likeness (QED) is 0.729. The van der Waals surface area contributed by atoms with Crippen LogP contribution in [0.1, 0.15) is 17.3 Å². The zero-order valence-electron chi connectivity index (χ0n) is 9.45. The van der Waals surface area contributed by atoms with Gasteiger partial charge in [0.15, 0.2) is 0 Å². The molecule has 2 rings (SSSR count). The van der Waals surface area contributed by atoms with Crippen LogP contribution in [0.5, 0.6) is 0 Å². The van der Waals surface area contributed by atoms with Crippen molar-refractivity contribution in [2.75, 3.05) is 19.7 Å². The standard InChI is InChI=1S/C12H13FINO2/c1-8-7-15(5-6-17-8)12(16)9-3-2-4-10(13)11(9)14/h2-4,8H,5-7H2,1H3/t8-/m0/s1. The molecule has 5 heteroatoms. The Hall–Kier alpha value is -0.690. The third-order valence-corrected chi connectivity index (χ3v) is 3.81. The van der Waals surface area contributed by atoms with Gasteiger partial charge in [-0.2, -0.15) is 0 Å². The summed E-state index contributed by atoms with van der Waals surface area (Å²) in [4.78, 5) is 13.9. The number of rotatable bonds is 1. The van der Waals surface area contributed by atoms with Crippen molar-refractivity contribution in [3.05, 3.63) is 33.1 Å². The van der Waals surface area contributed by atoms with Gasteiger partial charge < -0.3 is 9.64 Å². The Bertz CT molecular complexity index is 439. The molecule has 1 fully saturated rings. The summed E-state index contributed by atoms with van der Waals surface area (Å²) in [5.74, 6) is -0.471. The van der Waals surface area contributed by atoms with Crippen molar-refractivity contribution in [3.8, 4) is 0 Å². The van der Waals surface area contributed by atoms with Gasteiger partial charge in [0.05, 0.1) is 21.8 Å². The molecule has 0 saturated carbocycles. The second kappa shape index (κ2) is 5.30. The molecule has 0 radical (unpaired) electrons. The molecule has 3 nitrogen and oxygen atoms in total. The lowest BCUT2D eigenvalue weighted by atomic mass is 10.1. The molecule has 1 saturated heterocycles. The Kier molecular flexibility index (Phi) is 3.98. The Morgan fingerprint density at radius 1 is 1.59 bits per heavy atom. The van der Waals surface area contributed by atoms with Crippen LogP contribution < -0.4 is 0 Å². The highest BCUT2D eigenvalue weighted by Gasteiger charge is 2.24. The lowest BCUT2D eigenvalue weighted by Gasteiger charge is -2.31. The highest BCUT2D eigenvalue weighted by Crippen LogP contribution is 2.19. The third-order valence-electron chi connectivity index (χ3n) is 2.71. The summed E-state index contributed by atoms with van der Waals surface area (Å²) >= 11 is 1.87. The number of benzene rings is 1. The number of morpholine rings is 1.